The van der Waals surface area contributed by atoms with Gasteiger partial charge in [0, 0.05) is 11.6 Å². The van der Waals surface area contributed by atoms with Crippen molar-refractivity contribution in [2.45, 2.75) is 32.1 Å². The first-order valence-corrected chi connectivity index (χ1v) is 9.80. The van der Waals surface area contributed by atoms with Gasteiger partial charge in [-0.25, -0.2) is 9.87 Å². The standard InChI is InChI=1S/C20H20FN3O2S/c1-2-9-26-24-20(25)15-7-5-14-11-22-27-19(14)18(15)23-17-8-6-13(10-16(17)21)12-3-4-12/h5-8,10-12,23H,2-4,9H2,1H3,(H,24,25). The van der Waals surface area contributed by atoms with Crippen molar-refractivity contribution in [1.82, 2.24) is 9.85 Å². The minimum Gasteiger partial charge on any atom is -0.351 e. The van der Waals surface area contributed by atoms with E-state index in [9.17, 15) is 9.18 Å². The number of aromatic nitrogens is 1. The Morgan fingerprint density at radius 2 is 2.19 bits per heavy atom. The molecule has 1 amide bonds. The molecule has 0 spiro atoms. The van der Waals surface area contributed by atoms with E-state index in [4.69, 9.17) is 4.84 Å². The number of hydrogen-bond donors (Lipinski definition) is 2. The van der Waals surface area contributed by atoms with E-state index in [1.807, 2.05) is 19.1 Å². The average Bonchev–Trinajstić information content (AvgIpc) is 3.40. The monoisotopic (exact) mass is 385 g/mol. The summed E-state index contributed by atoms with van der Waals surface area (Å²) in [4.78, 5) is 17.7. The first-order valence-electron chi connectivity index (χ1n) is 9.03. The molecule has 2 N–H and O–H groups in total. The molecule has 140 valence electrons. The number of hydroxylamine groups is 1. The van der Waals surface area contributed by atoms with Gasteiger partial charge in [0.2, 0.25) is 0 Å². The summed E-state index contributed by atoms with van der Waals surface area (Å²) in [5, 5.41) is 4.00. The number of benzene rings is 2. The Labute approximate surface area is 160 Å². The van der Waals surface area contributed by atoms with E-state index in [1.165, 1.54) is 11.5 Å². The summed E-state index contributed by atoms with van der Waals surface area (Å²) in [6.07, 6.45) is 4.76. The van der Waals surface area contributed by atoms with Crippen LogP contribution in [0.25, 0.3) is 10.1 Å². The van der Waals surface area contributed by atoms with Gasteiger partial charge in [-0.15, -0.1) is 0 Å². The summed E-state index contributed by atoms with van der Waals surface area (Å²) >= 11 is 1.26. The van der Waals surface area contributed by atoms with Gasteiger partial charge in [-0.3, -0.25) is 9.63 Å². The number of carbonyl (C=O) groups is 1. The van der Waals surface area contributed by atoms with Gasteiger partial charge in [-0.1, -0.05) is 19.1 Å². The molecule has 1 aliphatic rings. The normalized spacial score (nSPS) is 13.7. The molecule has 5 nitrogen and oxygen atoms in total. The highest BCUT2D eigenvalue weighted by Gasteiger charge is 2.24. The number of hydrogen-bond acceptors (Lipinski definition) is 5. The van der Waals surface area contributed by atoms with Crippen molar-refractivity contribution in [3.05, 3.63) is 53.5 Å². The Bertz CT molecular complexity index is 985. The molecule has 0 saturated heterocycles. The van der Waals surface area contributed by atoms with E-state index >= 15 is 0 Å². The van der Waals surface area contributed by atoms with Crippen LogP contribution in [0.1, 0.15) is 48.0 Å². The average molecular weight is 385 g/mol. The molecule has 27 heavy (non-hydrogen) atoms. The SMILES string of the molecule is CCCONC(=O)c1ccc2cnsc2c1Nc1ccc(C2CC2)cc1F. The van der Waals surface area contributed by atoms with E-state index < -0.39 is 0 Å². The first kappa shape index (κ1) is 17.9. The fourth-order valence-corrected chi connectivity index (χ4v) is 3.71. The molecule has 0 atom stereocenters. The molecule has 4 rings (SSSR count). The molecular formula is C20H20FN3O2S. The number of nitrogens with one attached hydrogen (secondary N) is 2. The van der Waals surface area contributed by atoms with Gasteiger partial charge in [0.05, 0.1) is 28.2 Å². The first-order chi connectivity index (χ1) is 13.2. The Morgan fingerprint density at radius 1 is 1.33 bits per heavy atom. The summed E-state index contributed by atoms with van der Waals surface area (Å²) in [6.45, 7) is 2.38. The molecule has 7 heteroatoms. The van der Waals surface area contributed by atoms with Gasteiger partial charge in [-0.2, -0.15) is 4.37 Å². The quantitative estimate of drug-likeness (QED) is 0.437. The predicted molar refractivity (Wildman–Crippen MR) is 105 cm³/mol. The van der Waals surface area contributed by atoms with Gasteiger partial charge in [-0.05, 0) is 60.5 Å². The Hall–Kier alpha value is -2.51. The molecule has 1 aromatic heterocycles. The third-order valence-electron chi connectivity index (χ3n) is 4.54. The lowest BCUT2D eigenvalue weighted by Crippen LogP contribution is -2.25. The van der Waals surface area contributed by atoms with Crippen LogP contribution in [0.5, 0.6) is 0 Å². The number of nitrogens with zero attached hydrogens (tertiary/aromatic N) is 1. The minimum absolute atomic E-state index is 0.325. The van der Waals surface area contributed by atoms with Crippen LogP contribution < -0.4 is 10.8 Å². The van der Waals surface area contributed by atoms with Crippen LogP contribution >= 0.6 is 11.5 Å². The Balaban J connectivity index is 1.67. The molecule has 1 aliphatic carbocycles. The van der Waals surface area contributed by atoms with Gasteiger partial charge < -0.3 is 5.32 Å². The lowest BCUT2D eigenvalue weighted by molar-refractivity contribution is 0.0316. The van der Waals surface area contributed by atoms with Crippen LogP contribution in [-0.4, -0.2) is 16.9 Å². The number of halogens is 1. The van der Waals surface area contributed by atoms with Gasteiger partial charge in [0.1, 0.15) is 5.82 Å². The third kappa shape index (κ3) is 3.79. The molecule has 1 heterocycles. The fraction of sp³-hybridized carbons (Fsp3) is 0.300. The largest absolute Gasteiger partial charge is 0.351 e. The molecule has 0 unspecified atom stereocenters. The minimum atomic E-state index is -0.378. The van der Waals surface area contributed by atoms with Crippen molar-refractivity contribution in [3.8, 4) is 0 Å². The highest BCUT2D eigenvalue weighted by molar-refractivity contribution is 7.14. The fourth-order valence-electron chi connectivity index (χ4n) is 2.96. The van der Waals surface area contributed by atoms with Gasteiger partial charge in [0.25, 0.3) is 5.91 Å². The number of anilines is 2. The van der Waals surface area contributed by atoms with E-state index in [0.29, 0.717) is 29.5 Å². The number of rotatable bonds is 7. The maximum absolute atomic E-state index is 14.6. The molecule has 0 bridgehead atoms. The smallest absolute Gasteiger partial charge is 0.277 e. The second-order valence-corrected chi connectivity index (χ2v) is 7.45. The van der Waals surface area contributed by atoms with E-state index in [-0.39, 0.29) is 11.7 Å². The molecule has 0 radical (unpaired) electrons. The van der Waals surface area contributed by atoms with Crippen molar-refractivity contribution >= 4 is 38.9 Å². The van der Waals surface area contributed by atoms with E-state index in [2.05, 4.69) is 15.2 Å². The Kier molecular flexibility index (Phi) is 5.05. The van der Waals surface area contributed by atoms with Crippen LogP contribution in [0.3, 0.4) is 0 Å². The Morgan fingerprint density at radius 3 is 2.93 bits per heavy atom. The van der Waals surface area contributed by atoms with Gasteiger partial charge in [0.15, 0.2) is 0 Å². The van der Waals surface area contributed by atoms with E-state index in [0.717, 1.165) is 34.9 Å². The second kappa shape index (κ2) is 7.62. The van der Waals surface area contributed by atoms with Crippen molar-refractivity contribution in [3.63, 3.8) is 0 Å². The summed E-state index contributed by atoms with van der Waals surface area (Å²) in [6, 6.07) is 8.78. The topological polar surface area (TPSA) is 63.2 Å². The summed E-state index contributed by atoms with van der Waals surface area (Å²) in [5.41, 5.74) is 4.72. The zero-order valence-corrected chi connectivity index (χ0v) is 15.7. The molecule has 0 aliphatic heterocycles. The van der Waals surface area contributed by atoms with Crippen LogP contribution in [0.15, 0.2) is 36.5 Å². The third-order valence-corrected chi connectivity index (χ3v) is 5.37. The summed E-state index contributed by atoms with van der Waals surface area (Å²) in [5.74, 6) is -0.221. The molecule has 3 aromatic rings. The highest BCUT2D eigenvalue weighted by atomic mass is 32.1. The number of fused-ring (bicyclic) bond motifs is 1. The number of amides is 1. The highest BCUT2D eigenvalue weighted by Crippen LogP contribution is 2.41. The maximum atomic E-state index is 14.6. The molecule has 1 fully saturated rings. The van der Waals surface area contributed by atoms with Crippen LogP contribution in [0, 0.1) is 5.82 Å². The molecule has 2 aromatic carbocycles. The van der Waals surface area contributed by atoms with Crippen LogP contribution in [-0.2, 0) is 4.84 Å². The van der Waals surface area contributed by atoms with Gasteiger partial charge >= 0.3 is 0 Å². The molecule has 1 saturated carbocycles. The van der Waals surface area contributed by atoms with Crippen LogP contribution in [0.2, 0.25) is 0 Å². The van der Waals surface area contributed by atoms with Crippen molar-refractivity contribution < 1.29 is 14.0 Å². The second-order valence-electron chi connectivity index (χ2n) is 6.65. The lowest BCUT2D eigenvalue weighted by atomic mass is 10.1. The maximum Gasteiger partial charge on any atom is 0.277 e. The summed E-state index contributed by atoms with van der Waals surface area (Å²) in [7, 11) is 0. The zero-order chi connectivity index (χ0) is 18.8. The van der Waals surface area contributed by atoms with Crippen molar-refractivity contribution in [2.24, 2.45) is 0 Å². The molecular weight excluding hydrogens is 365 g/mol. The van der Waals surface area contributed by atoms with Crippen molar-refractivity contribution in [2.75, 3.05) is 11.9 Å². The summed E-state index contributed by atoms with van der Waals surface area (Å²) < 4.78 is 19.6. The van der Waals surface area contributed by atoms with Crippen molar-refractivity contribution in [1.29, 1.82) is 0 Å². The lowest BCUT2D eigenvalue weighted by Gasteiger charge is -2.14. The zero-order valence-electron chi connectivity index (χ0n) is 14.9. The predicted octanol–water partition coefficient (Wildman–Crippen LogP) is 5.13. The van der Waals surface area contributed by atoms with E-state index in [1.54, 1.807) is 24.4 Å². The van der Waals surface area contributed by atoms with Crippen LogP contribution in [0.4, 0.5) is 15.8 Å². The number of carbonyl (C=O) groups excluding carboxylic acids is 1.